The van der Waals surface area contributed by atoms with E-state index in [0.29, 0.717) is 6.54 Å². The lowest BCUT2D eigenvalue weighted by Crippen LogP contribution is -2.23. The third-order valence-electron chi connectivity index (χ3n) is 2.46. The number of nitrogens with one attached hydrogen (secondary N) is 1. The van der Waals surface area contributed by atoms with E-state index < -0.39 is 0 Å². The zero-order chi connectivity index (χ0) is 13.8. The van der Waals surface area contributed by atoms with Crippen LogP contribution in [0.1, 0.15) is 15.9 Å². The second-order valence-corrected chi connectivity index (χ2v) is 4.63. The molecule has 1 aromatic heterocycles. The Morgan fingerprint density at radius 1 is 1.26 bits per heavy atom. The molecule has 4 nitrogen and oxygen atoms in total. The number of phenolic OH excluding ortho intramolecular Hbond substituents is 1. The van der Waals surface area contributed by atoms with Crippen molar-refractivity contribution in [1.82, 2.24) is 10.3 Å². The third-order valence-corrected chi connectivity index (χ3v) is 2.96. The van der Waals surface area contributed by atoms with Crippen LogP contribution < -0.4 is 5.32 Å². The van der Waals surface area contributed by atoms with E-state index in [9.17, 15) is 4.79 Å². The van der Waals surface area contributed by atoms with Gasteiger partial charge in [-0.3, -0.25) is 4.79 Å². The molecule has 0 fully saturated rings. The fourth-order valence-corrected chi connectivity index (χ4v) is 1.83. The summed E-state index contributed by atoms with van der Waals surface area (Å²) in [6, 6.07) is 7.96. The number of carbonyl (C=O) groups is 1. The van der Waals surface area contributed by atoms with Crippen molar-refractivity contribution < 1.29 is 9.90 Å². The van der Waals surface area contributed by atoms with Gasteiger partial charge in [-0.15, -0.1) is 0 Å². The molecule has 0 spiro atoms. The van der Waals surface area contributed by atoms with Crippen LogP contribution in [0.5, 0.6) is 5.75 Å². The zero-order valence-corrected chi connectivity index (χ0v) is 11.2. The molecular weight excluding hydrogens is 287 g/mol. The topological polar surface area (TPSA) is 62.2 Å². The van der Waals surface area contributed by atoms with E-state index >= 15 is 0 Å². The number of aromatic nitrogens is 1. The molecule has 0 bridgehead atoms. The average Bonchev–Trinajstić information content (AvgIpc) is 2.40. The van der Waals surface area contributed by atoms with Gasteiger partial charge in [0.05, 0.1) is 10.6 Å². The summed E-state index contributed by atoms with van der Waals surface area (Å²) >= 11 is 11.6. The van der Waals surface area contributed by atoms with Crippen LogP contribution in [-0.2, 0) is 6.54 Å². The molecule has 0 atom stereocenters. The number of halogens is 2. The minimum Gasteiger partial charge on any atom is -0.508 e. The van der Waals surface area contributed by atoms with Crippen molar-refractivity contribution in [2.45, 2.75) is 6.54 Å². The monoisotopic (exact) mass is 296 g/mol. The van der Waals surface area contributed by atoms with Crippen molar-refractivity contribution in [3.05, 3.63) is 57.8 Å². The number of pyridine rings is 1. The second kappa shape index (κ2) is 5.91. The van der Waals surface area contributed by atoms with E-state index in [1.54, 1.807) is 24.3 Å². The van der Waals surface area contributed by atoms with Crippen LogP contribution in [0, 0.1) is 0 Å². The summed E-state index contributed by atoms with van der Waals surface area (Å²) in [4.78, 5) is 15.7. The minimum absolute atomic E-state index is 0.180. The van der Waals surface area contributed by atoms with Crippen molar-refractivity contribution in [1.29, 1.82) is 0 Å². The van der Waals surface area contributed by atoms with Crippen molar-refractivity contribution in [3.8, 4) is 5.75 Å². The normalized spacial score (nSPS) is 10.2. The Labute approximate surface area is 120 Å². The molecule has 1 amide bonds. The van der Waals surface area contributed by atoms with Gasteiger partial charge in [0, 0.05) is 12.7 Å². The summed E-state index contributed by atoms with van der Waals surface area (Å²) in [5, 5.41) is 12.3. The molecule has 2 N–H and O–H groups in total. The summed E-state index contributed by atoms with van der Waals surface area (Å²) in [6.07, 6.45) is 1.33. The summed E-state index contributed by atoms with van der Waals surface area (Å²) < 4.78 is 0. The zero-order valence-electron chi connectivity index (χ0n) is 9.73. The highest BCUT2D eigenvalue weighted by atomic mass is 35.5. The third kappa shape index (κ3) is 3.59. The van der Waals surface area contributed by atoms with E-state index in [2.05, 4.69) is 10.3 Å². The van der Waals surface area contributed by atoms with Gasteiger partial charge in [-0.25, -0.2) is 4.98 Å². The van der Waals surface area contributed by atoms with Crippen molar-refractivity contribution in [2.24, 2.45) is 0 Å². The molecule has 0 unspecified atom stereocenters. The summed E-state index contributed by atoms with van der Waals surface area (Å²) in [7, 11) is 0. The molecule has 0 aliphatic rings. The largest absolute Gasteiger partial charge is 0.508 e. The Hall–Kier alpha value is -1.78. The fourth-order valence-electron chi connectivity index (χ4n) is 1.48. The van der Waals surface area contributed by atoms with Crippen molar-refractivity contribution in [2.75, 3.05) is 0 Å². The smallest absolute Gasteiger partial charge is 0.253 e. The second-order valence-electron chi connectivity index (χ2n) is 3.84. The maximum Gasteiger partial charge on any atom is 0.253 e. The summed E-state index contributed by atoms with van der Waals surface area (Å²) in [5.41, 5.74) is 1.14. The van der Waals surface area contributed by atoms with Gasteiger partial charge in [0.25, 0.3) is 5.91 Å². The van der Waals surface area contributed by atoms with Gasteiger partial charge in [-0.2, -0.15) is 0 Å². The quantitative estimate of drug-likeness (QED) is 0.856. The predicted octanol–water partition coefficient (Wildman–Crippen LogP) is 3.02. The number of rotatable bonds is 3. The summed E-state index contributed by atoms with van der Waals surface area (Å²) in [6.45, 7) is 0.329. The Kier molecular flexibility index (Phi) is 4.24. The number of phenols is 1. The summed E-state index contributed by atoms with van der Waals surface area (Å²) in [5.74, 6) is -0.151. The molecule has 0 aliphatic carbocycles. The molecule has 98 valence electrons. The van der Waals surface area contributed by atoms with Crippen LogP contribution in [0.2, 0.25) is 10.2 Å². The number of hydrogen-bond donors (Lipinski definition) is 2. The van der Waals surface area contributed by atoms with Gasteiger partial charge >= 0.3 is 0 Å². The number of hydrogen-bond acceptors (Lipinski definition) is 3. The molecule has 6 heteroatoms. The first-order valence-electron chi connectivity index (χ1n) is 5.43. The van der Waals surface area contributed by atoms with Crippen LogP contribution in [0.15, 0.2) is 36.5 Å². The number of aromatic hydroxyl groups is 1. The lowest BCUT2D eigenvalue weighted by atomic mass is 10.2. The number of amides is 1. The Morgan fingerprint density at radius 3 is 2.63 bits per heavy atom. The first kappa shape index (κ1) is 13.6. The van der Waals surface area contributed by atoms with Gasteiger partial charge in [0.1, 0.15) is 10.9 Å². The van der Waals surface area contributed by atoms with Gasteiger partial charge < -0.3 is 10.4 Å². The Bertz CT molecular complexity index is 600. The number of nitrogens with zero attached hydrogens (tertiary/aromatic N) is 1. The van der Waals surface area contributed by atoms with Gasteiger partial charge in [0.2, 0.25) is 0 Å². The van der Waals surface area contributed by atoms with Crippen LogP contribution in [-0.4, -0.2) is 16.0 Å². The molecule has 2 rings (SSSR count). The lowest BCUT2D eigenvalue weighted by Gasteiger charge is -2.07. The molecule has 19 heavy (non-hydrogen) atoms. The van der Waals surface area contributed by atoms with Crippen LogP contribution >= 0.6 is 23.2 Å². The molecule has 0 radical (unpaired) electrons. The van der Waals surface area contributed by atoms with E-state index in [4.69, 9.17) is 28.3 Å². The predicted molar refractivity (Wildman–Crippen MR) is 73.5 cm³/mol. The molecule has 2 aromatic rings. The maximum absolute atomic E-state index is 11.9. The first-order valence-corrected chi connectivity index (χ1v) is 6.19. The molecule has 0 saturated heterocycles. The maximum atomic E-state index is 11.9. The van der Waals surface area contributed by atoms with Gasteiger partial charge in [0.15, 0.2) is 0 Å². The standard InChI is InChI=1S/C13H10Cl2N2O2/c14-11-7-16-12(15)5-10(11)13(19)17-6-8-1-3-9(18)4-2-8/h1-5,7,18H,6H2,(H,17,19). The SMILES string of the molecule is O=C(NCc1ccc(O)cc1)c1cc(Cl)ncc1Cl. The fraction of sp³-hybridized carbons (Fsp3) is 0.0769. The van der Waals surface area contributed by atoms with Crippen LogP contribution in [0.4, 0.5) is 0 Å². The van der Waals surface area contributed by atoms with E-state index in [1.807, 2.05) is 0 Å². The molecule has 0 saturated carbocycles. The number of carbonyl (C=O) groups excluding carboxylic acids is 1. The van der Waals surface area contributed by atoms with Crippen molar-refractivity contribution >= 4 is 29.1 Å². The van der Waals surface area contributed by atoms with Gasteiger partial charge in [-0.1, -0.05) is 35.3 Å². The highest BCUT2D eigenvalue weighted by Gasteiger charge is 2.11. The minimum atomic E-state index is -0.331. The Balaban J connectivity index is 2.05. The molecule has 1 aromatic carbocycles. The van der Waals surface area contributed by atoms with Crippen LogP contribution in [0.3, 0.4) is 0 Å². The molecular formula is C13H10Cl2N2O2. The highest BCUT2D eigenvalue weighted by molar-refractivity contribution is 6.35. The lowest BCUT2D eigenvalue weighted by molar-refractivity contribution is 0.0951. The van der Waals surface area contributed by atoms with E-state index in [1.165, 1.54) is 12.3 Å². The Morgan fingerprint density at radius 2 is 1.95 bits per heavy atom. The van der Waals surface area contributed by atoms with Crippen molar-refractivity contribution in [3.63, 3.8) is 0 Å². The first-order chi connectivity index (χ1) is 9.06. The van der Waals surface area contributed by atoms with E-state index in [-0.39, 0.29) is 27.4 Å². The van der Waals surface area contributed by atoms with Crippen LogP contribution in [0.25, 0.3) is 0 Å². The highest BCUT2D eigenvalue weighted by Crippen LogP contribution is 2.18. The number of benzene rings is 1. The average molecular weight is 297 g/mol. The molecule has 1 heterocycles. The van der Waals surface area contributed by atoms with Gasteiger partial charge in [-0.05, 0) is 23.8 Å². The molecule has 0 aliphatic heterocycles. The van der Waals surface area contributed by atoms with E-state index in [0.717, 1.165) is 5.56 Å².